The van der Waals surface area contributed by atoms with Crippen LogP contribution >= 0.6 is 0 Å². The van der Waals surface area contributed by atoms with Gasteiger partial charge in [0, 0.05) is 11.8 Å². The van der Waals surface area contributed by atoms with Crippen molar-refractivity contribution in [3.05, 3.63) is 0 Å². The van der Waals surface area contributed by atoms with Crippen molar-refractivity contribution >= 4 is 0 Å². The zero-order valence-corrected chi connectivity index (χ0v) is 8.78. The molecule has 0 N–H and O–H groups in total. The van der Waals surface area contributed by atoms with E-state index in [1.807, 2.05) is 0 Å². The lowest BCUT2D eigenvalue weighted by Crippen LogP contribution is -2.26. The van der Waals surface area contributed by atoms with Gasteiger partial charge in [-0.05, 0) is 33.6 Å². The molecule has 0 heterocycles. The summed E-state index contributed by atoms with van der Waals surface area (Å²) in [5.41, 5.74) is -0.0152. The van der Waals surface area contributed by atoms with Gasteiger partial charge < -0.3 is 0 Å². The summed E-state index contributed by atoms with van der Waals surface area (Å²) >= 11 is 0. The number of hydrogen-bond donors (Lipinski definition) is 0. The van der Waals surface area contributed by atoms with Gasteiger partial charge in [-0.1, -0.05) is 12.3 Å². The summed E-state index contributed by atoms with van der Waals surface area (Å²) in [6.45, 7) is 6.29. The van der Waals surface area contributed by atoms with Crippen molar-refractivity contribution in [1.29, 1.82) is 5.26 Å². The van der Waals surface area contributed by atoms with Gasteiger partial charge in [0.15, 0.2) is 0 Å². The lowest BCUT2D eigenvalue weighted by Gasteiger charge is -2.33. The van der Waals surface area contributed by atoms with Gasteiger partial charge in [0.25, 0.3) is 0 Å². The van der Waals surface area contributed by atoms with Crippen LogP contribution in [0.5, 0.6) is 0 Å². The topological polar surface area (TPSA) is 23.8 Å². The van der Waals surface area contributed by atoms with Gasteiger partial charge in [-0.3, -0.25) is 0 Å². The first-order chi connectivity index (χ1) is 5.97. The van der Waals surface area contributed by atoms with Crippen LogP contribution in [0, 0.1) is 34.0 Å². The highest BCUT2D eigenvalue weighted by Crippen LogP contribution is 2.42. The summed E-state index contributed by atoms with van der Waals surface area (Å²) in [7, 11) is 0. The van der Waals surface area contributed by atoms with Gasteiger partial charge >= 0.3 is 0 Å². The van der Waals surface area contributed by atoms with Crippen LogP contribution in [0.4, 0.5) is 0 Å². The van der Waals surface area contributed by atoms with Crippen LogP contribution < -0.4 is 0 Å². The zero-order chi connectivity index (χ0) is 9.95. The summed E-state index contributed by atoms with van der Waals surface area (Å²) < 4.78 is 0. The zero-order valence-electron chi connectivity index (χ0n) is 8.78. The lowest BCUT2D eigenvalue weighted by molar-refractivity contribution is 0.222. The smallest absolute Gasteiger partial charge is 0.0699 e. The number of nitriles is 1. The predicted molar refractivity (Wildman–Crippen MR) is 53.7 cm³/mol. The molecule has 0 aliphatic heterocycles. The molecular formula is C12H17N. The molecule has 0 amide bonds. The van der Waals surface area contributed by atoms with E-state index in [9.17, 15) is 0 Å². The number of hydrogen-bond acceptors (Lipinski definition) is 1. The second-order valence-corrected chi connectivity index (χ2v) is 4.97. The van der Waals surface area contributed by atoms with E-state index >= 15 is 0 Å². The molecule has 0 aromatic heterocycles. The van der Waals surface area contributed by atoms with Gasteiger partial charge in [-0.25, -0.2) is 0 Å². The maximum absolute atomic E-state index is 8.95. The molecular weight excluding hydrogens is 158 g/mol. The molecule has 0 aromatic rings. The highest BCUT2D eigenvalue weighted by atomic mass is 14.4. The van der Waals surface area contributed by atoms with Gasteiger partial charge in [-0.2, -0.15) is 5.26 Å². The first-order valence-electron chi connectivity index (χ1n) is 4.89. The largest absolute Gasteiger partial charge is 0.198 e. The molecule has 0 bridgehead atoms. The lowest BCUT2D eigenvalue weighted by atomic mass is 9.68. The average Bonchev–Trinajstić information content (AvgIpc) is 1.92. The first-order valence-corrected chi connectivity index (χ1v) is 4.89. The van der Waals surface area contributed by atoms with Gasteiger partial charge in [0.1, 0.15) is 0 Å². The predicted octanol–water partition coefficient (Wildman–Crippen LogP) is 3.12. The molecule has 1 fully saturated rings. The van der Waals surface area contributed by atoms with Gasteiger partial charge in [0.2, 0.25) is 0 Å². The molecule has 0 unspecified atom stereocenters. The Morgan fingerprint density at radius 2 is 1.92 bits per heavy atom. The van der Waals surface area contributed by atoms with Crippen molar-refractivity contribution in [2.45, 2.75) is 46.5 Å². The van der Waals surface area contributed by atoms with Crippen molar-refractivity contribution in [2.24, 2.45) is 10.8 Å². The molecule has 1 nitrogen and oxygen atoms in total. The molecule has 1 heteroatoms. The number of nitrogens with zero attached hydrogens (tertiary/aromatic N) is 1. The Hall–Kier alpha value is -0.950. The minimum absolute atomic E-state index is 0.0698. The molecule has 0 saturated heterocycles. The van der Waals surface area contributed by atoms with Crippen molar-refractivity contribution in [1.82, 2.24) is 0 Å². The molecule has 70 valence electrons. The molecule has 1 aliphatic rings. The first kappa shape index (κ1) is 10.1. The van der Waals surface area contributed by atoms with Crippen molar-refractivity contribution in [3.8, 4) is 17.9 Å². The SMILES string of the molecule is CC(C)(C)C#CCC1(C#N)CCC1. The Labute approximate surface area is 81.1 Å². The third-order valence-electron chi connectivity index (χ3n) is 2.44. The fourth-order valence-electron chi connectivity index (χ4n) is 1.41. The van der Waals surface area contributed by atoms with E-state index in [4.69, 9.17) is 5.26 Å². The molecule has 0 atom stereocenters. The quantitative estimate of drug-likeness (QED) is 0.562. The van der Waals surface area contributed by atoms with Crippen LogP contribution in [0.1, 0.15) is 46.5 Å². The average molecular weight is 175 g/mol. The molecule has 1 saturated carbocycles. The van der Waals surface area contributed by atoms with E-state index in [2.05, 4.69) is 38.7 Å². The van der Waals surface area contributed by atoms with E-state index in [0.29, 0.717) is 0 Å². The minimum Gasteiger partial charge on any atom is -0.198 e. The molecule has 1 aliphatic carbocycles. The van der Waals surface area contributed by atoms with Gasteiger partial charge in [-0.15, -0.1) is 5.92 Å². The van der Waals surface area contributed by atoms with Crippen LogP contribution in [-0.2, 0) is 0 Å². The van der Waals surface area contributed by atoms with Crippen LogP contribution in [-0.4, -0.2) is 0 Å². The summed E-state index contributed by atoms with van der Waals surface area (Å²) in [5.74, 6) is 6.33. The van der Waals surface area contributed by atoms with E-state index in [0.717, 1.165) is 19.3 Å². The summed E-state index contributed by atoms with van der Waals surface area (Å²) in [4.78, 5) is 0. The molecule has 0 spiro atoms. The third-order valence-corrected chi connectivity index (χ3v) is 2.44. The summed E-state index contributed by atoms with van der Waals surface area (Å²) in [6, 6.07) is 2.40. The van der Waals surface area contributed by atoms with Crippen LogP contribution in [0.15, 0.2) is 0 Å². The van der Waals surface area contributed by atoms with E-state index < -0.39 is 0 Å². The normalized spacial score (nSPS) is 19.2. The Morgan fingerprint density at radius 1 is 1.31 bits per heavy atom. The Morgan fingerprint density at radius 3 is 2.23 bits per heavy atom. The second kappa shape index (κ2) is 3.43. The van der Waals surface area contributed by atoms with Crippen LogP contribution in [0.2, 0.25) is 0 Å². The molecule has 0 radical (unpaired) electrons. The van der Waals surface area contributed by atoms with E-state index in [1.54, 1.807) is 0 Å². The molecule has 0 aromatic carbocycles. The third kappa shape index (κ3) is 2.78. The minimum atomic E-state index is -0.0851. The summed E-state index contributed by atoms with van der Waals surface area (Å²) in [5, 5.41) is 8.95. The fraction of sp³-hybridized carbons (Fsp3) is 0.750. The van der Waals surface area contributed by atoms with E-state index in [1.165, 1.54) is 6.42 Å². The molecule has 1 rings (SSSR count). The Bertz CT molecular complexity index is 273. The fourth-order valence-corrected chi connectivity index (χ4v) is 1.41. The Kier molecular flexibility index (Phi) is 2.67. The van der Waals surface area contributed by atoms with Crippen LogP contribution in [0.3, 0.4) is 0 Å². The monoisotopic (exact) mass is 175 g/mol. The molecule has 13 heavy (non-hydrogen) atoms. The number of rotatable bonds is 1. The van der Waals surface area contributed by atoms with Gasteiger partial charge in [0.05, 0.1) is 11.5 Å². The standard InChI is InChI=1S/C12H17N/c1-11(2,3)6-4-7-12(10-13)8-5-9-12/h5,7-9H2,1-3H3. The highest BCUT2D eigenvalue weighted by Gasteiger charge is 2.36. The summed E-state index contributed by atoms with van der Waals surface area (Å²) in [6.07, 6.45) is 4.05. The van der Waals surface area contributed by atoms with Crippen molar-refractivity contribution < 1.29 is 0 Å². The van der Waals surface area contributed by atoms with E-state index in [-0.39, 0.29) is 10.8 Å². The Balaban J connectivity index is 2.49. The highest BCUT2D eigenvalue weighted by molar-refractivity contribution is 5.15. The maximum Gasteiger partial charge on any atom is 0.0699 e. The van der Waals surface area contributed by atoms with Crippen molar-refractivity contribution in [2.75, 3.05) is 0 Å². The second-order valence-electron chi connectivity index (χ2n) is 4.97. The van der Waals surface area contributed by atoms with Crippen molar-refractivity contribution in [3.63, 3.8) is 0 Å². The van der Waals surface area contributed by atoms with Crippen LogP contribution in [0.25, 0.3) is 0 Å². The maximum atomic E-state index is 8.95.